The van der Waals surface area contributed by atoms with Gasteiger partial charge in [0.25, 0.3) is 0 Å². The Morgan fingerprint density at radius 3 is 2.56 bits per heavy atom. The van der Waals surface area contributed by atoms with E-state index in [0.717, 1.165) is 48.6 Å². The predicted molar refractivity (Wildman–Crippen MR) is 100 cm³/mol. The van der Waals surface area contributed by atoms with Gasteiger partial charge in [-0.05, 0) is 48.3 Å². The third-order valence-corrected chi connectivity index (χ3v) is 5.92. The van der Waals surface area contributed by atoms with E-state index >= 15 is 0 Å². The lowest BCUT2D eigenvalue weighted by atomic mass is 10.2. The van der Waals surface area contributed by atoms with E-state index in [4.69, 9.17) is 0 Å². The third kappa shape index (κ3) is 3.93. The Morgan fingerprint density at radius 1 is 1.28 bits per heavy atom. The maximum atomic E-state index is 12.9. The van der Waals surface area contributed by atoms with Gasteiger partial charge >= 0.3 is 0 Å². The number of piperazine rings is 1. The van der Waals surface area contributed by atoms with Crippen LogP contribution >= 0.6 is 15.9 Å². The SMILES string of the molecule is Cc1nn(C(C)C(=O)N2CCN(Cc3cccnc3)CC2)c(C)c1Br. The Hall–Kier alpha value is -1.73. The van der Waals surface area contributed by atoms with Gasteiger partial charge in [-0.1, -0.05) is 6.07 Å². The van der Waals surface area contributed by atoms with Crippen LogP contribution in [0, 0.1) is 13.8 Å². The lowest BCUT2D eigenvalue weighted by Gasteiger charge is -2.36. The molecule has 1 aliphatic heterocycles. The first kappa shape index (κ1) is 18.1. The molecule has 7 heteroatoms. The Bertz CT molecular complexity index is 737. The maximum absolute atomic E-state index is 12.9. The zero-order valence-electron chi connectivity index (χ0n) is 14.9. The van der Waals surface area contributed by atoms with Crippen LogP contribution in [0.15, 0.2) is 29.0 Å². The van der Waals surface area contributed by atoms with E-state index < -0.39 is 0 Å². The van der Waals surface area contributed by atoms with E-state index in [1.807, 2.05) is 42.6 Å². The average Bonchev–Trinajstić information content (AvgIpc) is 2.89. The second kappa shape index (κ2) is 7.66. The number of rotatable bonds is 4. The Morgan fingerprint density at radius 2 is 2.00 bits per heavy atom. The van der Waals surface area contributed by atoms with Gasteiger partial charge < -0.3 is 4.90 Å². The van der Waals surface area contributed by atoms with Gasteiger partial charge in [0.1, 0.15) is 6.04 Å². The van der Waals surface area contributed by atoms with Gasteiger partial charge in [-0.25, -0.2) is 0 Å². The second-order valence-corrected chi connectivity index (χ2v) is 7.36. The highest BCUT2D eigenvalue weighted by Gasteiger charge is 2.27. The first-order chi connectivity index (χ1) is 12.0. The molecular formula is C18H24BrN5O. The number of pyridine rings is 1. The standard InChI is InChI=1S/C18H24BrN5O/c1-13-17(19)14(2)24(21-13)15(3)18(25)23-9-7-22(8-10-23)12-16-5-4-6-20-11-16/h4-6,11,15H,7-10,12H2,1-3H3. The first-order valence-electron chi connectivity index (χ1n) is 8.58. The van der Waals surface area contributed by atoms with Gasteiger partial charge in [0.05, 0.1) is 15.9 Å². The van der Waals surface area contributed by atoms with Crippen LogP contribution < -0.4 is 0 Å². The van der Waals surface area contributed by atoms with Crippen molar-refractivity contribution in [2.24, 2.45) is 0 Å². The van der Waals surface area contributed by atoms with E-state index in [-0.39, 0.29) is 11.9 Å². The quantitative estimate of drug-likeness (QED) is 0.783. The van der Waals surface area contributed by atoms with Crippen LogP contribution in [0.2, 0.25) is 0 Å². The molecule has 3 heterocycles. The summed E-state index contributed by atoms with van der Waals surface area (Å²) in [7, 11) is 0. The van der Waals surface area contributed by atoms with Gasteiger partial charge in [0.15, 0.2) is 0 Å². The van der Waals surface area contributed by atoms with Crippen molar-refractivity contribution in [3.8, 4) is 0 Å². The molecule has 0 aromatic carbocycles. The van der Waals surface area contributed by atoms with Gasteiger partial charge in [-0.15, -0.1) is 0 Å². The Labute approximate surface area is 157 Å². The van der Waals surface area contributed by atoms with Gasteiger partial charge in [-0.2, -0.15) is 5.10 Å². The highest BCUT2D eigenvalue weighted by Crippen LogP contribution is 2.24. The van der Waals surface area contributed by atoms with Gasteiger partial charge in [0.2, 0.25) is 5.91 Å². The molecule has 0 spiro atoms. The van der Waals surface area contributed by atoms with Crippen molar-refractivity contribution < 1.29 is 4.79 Å². The second-order valence-electron chi connectivity index (χ2n) is 6.57. The summed E-state index contributed by atoms with van der Waals surface area (Å²) < 4.78 is 2.80. The normalized spacial score (nSPS) is 16.9. The molecule has 0 N–H and O–H groups in total. The smallest absolute Gasteiger partial charge is 0.247 e. The minimum absolute atomic E-state index is 0.138. The Kier molecular flexibility index (Phi) is 5.54. The molecule has 1 aliphatic rings. The van der Waals surface area contributed by atoms with E-state index in [1.54, 1.807) is 6.20 Å². The van der Waals surface area contributed by atoms with E-state index in [9.17, 15) is 4.79 Å². The number of aryl methyl sites for hydroxylation is 1. The Balaban J connectivity index is 1.58. The summed E-state index contributed by atoms with van der Waals surface area (Å²) in [5, 5.41) is 4.50. The number of nitrogens with zero attached hydrogens (tertiary/aromatic N) is 5. The van der Waals surface area contributed by atoms with E-state index in [0.29, 0.717) is 0 Å². The monoisotopic (exact) mass is 405 g/mol. The number of amides is 1. The molecule has 2 aromatic heterocycles. The minimum Gasteiger partial charge on any atom is -0.338 e. The molecule has 1 fully saturated rings. The van der Waals surface area contributed by atoms with E-state index in [2.05, 4.69) is 37.0 Å². The van der Waals surface area contributed by atoms with Crippen molar-refractivity contribution in [3.05, 3.63) is 46.0 Å². The van der Waals surface area contributed by atoms with Crippen molar-refractivity contribution in [1.29, 1.82) is 0 Å². The lowest BCUT2D eigenvalue weighted by Crippen LogP contribution is -2.50. The molecule has 0 radical (unpaired) electrons. The van der Waals surface area contributed by atoms with Crippen LogP contribution in [0.4, 0.5) is 0 Å². The fourth-order valence-corrected chi connectivity index (χ4v) is 3.53. The molecule has 3 rings (SSSR count). The highest BCUT2D eigenvalue weighted by atomic mass is 79.9. The molecule has 1 amide bonds. The average molecular weight is 406 g/mol. The van der Waals surface area contributed by atoms with Crippen molar-refractivity contribution in [2.45, 2.75) is 33.4 Å². The summed E-state index contributed by atoms with van der Waals surface area (Å²) in [5.41, 5.74) is 3.12. The molecule has 0 aliphatic carbocycles. The molecular weight excluding hydrogens is 382 g/mol. The molecule has 25 heavy (non-hydrogen) atoms. The molecule has 1 atom stereocenters. The maximum Gasteiger partial charge on any atom is 0.247 e. The zero-order chi connectivity index (χ0) is 18.0. The summed E-state index contributed by atoms with van der Waals surface area (Å²) in [4.78, 5) is 21.3. The summed E-state index contributed by atoms with van der Waals surface area (Å²) in [6.07, 6.45) is 3.69. The molecule has 6 nitrogen and oxygen atoms in total. The van der Waals surface area contributed by atoms with E-state index in [1.165, 1.54) is 5.56 Å². The molecule has 0 bridgehead atoms. The fourth-order valence-electron chi connectivity index (χ4n) is 3.27. The molecule has 134 valence electrons. The molecule has 0 saturated carbocycles. The van der Waals surface area contributed by atoms with Crippen LogP contribution in [0.1, 0.15) is 29.9 Å². The molecule has 1 saturated heterocycles. The molecule has 2 aromatic rings. The van der Waals surface area contributed by atoms with Crippen LogP contribution in [0.25, 0.3) is 0 Å². The van der Waals surface area contributed by atoms with Crippen LogP contribution in [-0.2, 0) is 11.3 Å². The van der Waals surface area contributed by atoms with Crippen molar-refractivity contribution in [3.63, 3.8) is 0 Å². The predicted octanol–water partition coefficient (Wildman–Crippen LogP) is 2.56. The number of halogens is 1. The summed E-state index contributed by atoms with van der Waals surface area (Å²) in [6.45, 7) is 10.0. The molecule has 1 unspecified atom stereocenters. The zero-order valence-corrected chi connectivity index (χ0v) is 16.5. The van der Waals surface area contributed by atoms with Crippen LogP contribution in [-0.4, -0.2) is 56.7 Å². The van der Waals surface area contributed by atoms with Gasteiger partial charge in [0, 0.05) is 45.1 Å². The lowest BCUT2D eigenvalue weighted by molar-refractivity contribution is -0.136. The van der Waals surface area contributed by atoms with Gasteiger partial charge in [-0.3, -0.25) is 19.4 Å². The summed E-state index contributed by atoms with van der Waals surface area (Å²) >= 11 is 3.53. The van der Waals surface area contributed by atoms with Crippen molar-refractivity contribution in [2.75, 3.05) is 26.2 Å². The summed E-state index contributed by atoms with van der Waals surface area (Å²) in [5.74, 6) is 0.138. The van der Waals surface area contributed by atoms with Crippen LogP contribution in [0.3, 0.4) is 0 Å². The topological polar surface area (TPSA) is 54.3 Å². The highest BCUT2D eigenvalue weighted by molar-refractivity contribution is 9.10. The summed E-state index contributed by atoms with van der Waals surface area (Å²) in [6, 6.07) is 3.77. The fraction of sp³-hybridized carbons (Fsp3) is 0.500. The number of aromatic nitrogens is 3. The minimum atomic E-state index is -0.283. The number of carbonyl (C=O) groups is 1. The van der Waals surface area contributed by atoms with Crippen LogP contribution in [0.5, 0.6) is 0 Å². The van der Waals surface area contributed by atoms with Crippen molar-refractivity contribution >= 4 is 21.8 Å². The number of hydrogen-bond donors (Lipinski definition) is 0. The third-order valence-electron chi connectivity index (χ3n) is 4.77. The largest absolute Gasteiger partial charge is 0.338 e. The number of hydrogen-bond acceptors (Lipinski definition) is 4. The first-order valence-corrected chi connectivity index (χ1v) is 9.38. The van der Waals surface area contributed by atoms with Crippen molar-refractivity contribution in [1.82, 2.24) is 24.6 Å². The number of carbonyl (C=O) groups excluding carboxylic acids is 1.